The zero-order valence-corrected chi connectivity index (χ0v) is 13.2. The Labute approximate surface area is 131 Å². The van der Waals surface area contributed by atoms with E-state index in [1.165, 1.54) is 5.56 Å². The zero-order chi connectivity index (χ0) is 15.7. The van der Waals surface area contributed by atoms with E-state index in [2.05, 4.69) is 50.1 Å². The molecule has 0 aliphatic rings. The highest BCUT2D eigenvalue weighted by atomic mass is 15.3. The number of para-hydroxylation sites is 1. The van der Waals surface area contributed by atoms with Gasteiger partial charge in [-0.2, -0.15) is 5.10 Å². The minimum Gasteiger partial charge on any atom is -0.384 e. The van der Waals surface area contributed by atoms with Gasteiger partial charge in [0.25, 0.3) is 0 Å². The molecule has 2 N–H and O–H groups in total. The molecule has 2 aromatic carbocycles. The van der Waals surface area contributed by atoms with Crippen molar-refractivity contribution in [3.8, 4) is 16.9 Å². The van der Waals surface area contributed by atoms with Crippen LogP contribution in [0.3, 0.4) is 0 Å². The quantitative estimate of drug-likeness (QED) is 0.759. The van der Waals surface area contributed by atoms with E-state index in [1.54, 1.807) is 4.68 Å². The van der Waals surface area contributed by atoms with E-state index in [0.29, 0.717) is 5.82 Å². The highest BCUT2D eigenvalue weighted by Gasteiger charge is 2.14. The number of aromatic nitrogens is 2. The molecule has 0 radical (unpaired) electrons. The largest absolute Gasteiger partial charge is 0.384 e. The number of hydrogen-bond acceptors (Lipinski definition) is 2. The van der Waals surface area contributed by atoms with E-state index in [-0.39, 0.29) is 5.41 Å². The third-order valence-electron chi connectivity index (χ3n) is 3.78. The normalized spacial score (nSPS) is 11.6. The van der Waals surface area contributed by atoms with Crippen LogP contribution in [-0.2, 0) is 5.41 Å². The molecule has 0 aliphatic heterocycles. The number of anilines is 1. The summed E-state index contributed by atoms with van der Waals surface area (Å²) in [5.74, 6) is 0.640. The van der Waals surface area contributed by atoms with Crippen LogP contribution in [0.15, 0.2) is 60.7 Å². The fourth-order valence-corrected chi connectivity index (χ4v) is 2.45. The van der Waals surface area contributed by atoms with Crippen molar-refractivity contribution in [2.45, 2.75) is 26.2 Å². The predicted molar refractivity (Wildman–Crippen MR) is 92.1 cm³/mol. The van der Waals surface area contributed by atoms with Gasteiger partial charge < -0.3 is 5.73 Å². The van der Waals surface area contributed by atoms with Crippen molar-refractivity contribution in [1.29, 1.82) is 0 Å². The predicted octanol–water partition coefficient (Wildman–Crippen LogP) is 4.42. The Kier molecular flexibility index (Phi) is 3.49. The summed E-state index contributed by atoms with van der Waals surface area (Å²) < 4.78 is 1.77. The lowest BCUT2D eigenvalue weighted by Gasteiger charge is -2.18. The Balaban J connectivity index is 1.97. The molecular weight excluding hydrogens is 270 g/mol. The van der Waals surface area contributed by atoms with Gasteiger partial charge >= 0.3 is 0 Å². The number of nitrogens with zero attached hydrogens (tertiary/aromatic N) is 2. The summed E-state index contributed by atoms with van der Waals surface area (Å²) in [6, 6.07) is 20.4. The Bertz CT molecular complexity index is 763. The van der Waals surface area contributed by atoms with E-state index >= 15 is 0 Å². The summed E-state index contributed by atoms with van der Waals surface area (Å²) >= 11 is 0. The van der Waals surface area contributed by atoms with Crippen LogP contribution in [0.2, 0.25) is 0 Å². The lowest BCUT2D eigenvalue weighted by Crippen LogP contribution is -2.10. The molecule has 3 aromatic rings. The van der Waals surface area contributed by atoms with Gasteiger partial charge in [0.1, 0.15) is 5.82 Å². The molecule has 0 amide bonds. The van der Waals surface area contributed by atoms with Gasteiger partial charge in [-0.3, -0.25) is 0 Å². The third kappa shape index (κ3) is 2.75. The van der Waals surface area contributed by atoms with Gasteiger partial charge in [-0.25, -0.2) is 4.68 Å². The van der Waals surface area contributed by atoms with Crippen molar-refractivity contribution >= 4 is 5.82 Å². The standard InChI is InChI=1S/C19H21N3/c1-19(2,3)15-11-9-14(10-12-15)17-13-18(20)22(21-17)16-7-5-4-6-8-16/h4-13H,20H2,1-3H3. The lowest BCUT2D eigenvalue weighted by molar-refractivity contribution is 0.590. The van der Waals surface area contributed by atoms with Crippen LogP contribution in [0.5, 0.6) is 0 Å². The molecule has 0 fully saturated rings. The van der Waals surface area contributed by atoms with E-state index in [0.717, 1.165) is 16.9 Å². The van der Waals surface area contributed by atoms with E-state index in [1.807, 2.05) is 36.4 Å². The first-order valence-corrected chi connectivity index (χ1v) is 7.47. The fraction of sp³-hybridized carbons (Fsp3) is 0.211. The second-order valence-electron chi connectivity index (χ2n) is 6.53. The summed E-state index contributed by atoms with van der Waals surface area (Å²) in [6.45, 7) is 6.64. The molecule has 112 valence electrons. The van der Waals surface area contributed by atoms with Crippen molar-refractivity contribution in [2.75, 3.05) is 5.73 Å². The first kappa shape index (κ1) is 14.4. The maximum Gasteiger partial charge on any atom is 0.127 e. The smallest absolute Gasteiger partial charge is 0.127 e. The molecule has 0 saturated carbocycles. The molecule has 0 bridgehead atoms. The van der Waals surface area contributed by atoms with Crippen molar-refractivity contribution in [1.82, 2.24) is 9.78 Å². The van der Waals surface area contributed by atoms with Crippen molar-refractivity contribution < 1.29 is 0 Å². The van der Waals surface area contributed by atoms with Gasteiger partial charge in [0.2, 0.25) is 0 Å². The Morgan fingerprint density at radius 3 is 2.14 bits per heavy atom. The second-order valence-corrected chi connectivity index (χ2v) is 6.53. The lowest BCUT2D eigenvalue weighted by atomic mass is 9.86. The monoisotopic (exact) mass is 291 g/mol. The molecule has 0 atom stereocenters. The summed E-state index contributed by atoms with van der Waals surface area (Å²) in [7, 11) is 0. The highest BCUT2D eigenvalue weighted by Crippen LogP contribution is 2.27. The van der Waals surface area contributed by atoms with Gasteiger partial charge in [0.15, 0.2) is 0 Å². The third-order valence-corrected chi connectivity index (χ3v) is 3.78. The Morgan fingerprint density at radius 2 is 1.55 bits per heavy atom. The molecule has 3 nitrogen and oxygen atoms in total. The van der Waals surface area contributed by atoms with Crippen LogP contribution in [-0.4, -0.2) is 9.78 Å². The van der Waals surface area contributed by atoms with E-state index in [9.17, 15) is 0 Å². The van der Waals surface area contributed by atoms with Gasteiger partial charge in [-0.1, -0.05) is 63.2 Å². The maximum atomic E-state index is 6.11. The first-order chi connectivity index (χ1) is 10.4. The molecule has 1 heterocycles. The van der Waals surface area contributed by atoms with Crippen molar-refractivity contribution in [3.05, 3.63) is 66.2 Å². The average Bonchev–Trinajstić information content (AvgIpc) is 2.89. The summed E-state index contributed by atoms with van der Waals surface area (Å²) in [6.07, 6.45) is 0. The Morgan fingerprint density at radius 1 is 0.909 bits per heavy atom. The minimum absolute atomic E-state index is 0.154. The van der Waals surface area contributed by atoms with Gasteiger partial charge in [0, 0.05) is 11.6 Å². The summed E-state index contributed by atoms with van der Waals surface area (Å²) in [5.41, 5.74) is 10.5. The van der Waals surface area contributed by atoms with Crippen molar-refractivity contribution in [3.63, 3.8) is 0 Å². The number of nitrogen functional groups attached to an aromatic ring is 1. The number of rotatable bonds is 2. The van der Waals surface area contributed by atoms with Gasteiger partial charge in [-0.15, -0.1) is 0 Å². The average molecular weight is 291 g/mol. The molecule has 3 heteroatoms. The van der Waals surface area contributed by atoms with Crippen LogP contribution < -0.4 is 5.73 Å². The van der Waals surface area contributed by atoms with Crippen LogP contribution in [0.1, 0.15) is 26.3 Å². The minimum atomic E-state index is 0.154. The zero-order valence-electron chi connectivity index (χ0n) is 13.2. The molecule has 3 rings (SSSR count). The van der Waals surface area contributed by atoms with Gasteiger partial charge in [0.05, 0.1) is 11.4 Å². The van der Waals surface area contributed by atoms with E-state index < -0.39 is 0 Å². The first-order valence-electron chi connectivity index (χ1n) is 7.47. The molecular formula is C19H21N3. The fourth-order valence-electron chi connectivity index (χ4n) is 2.45. The van der Waals surface area contributed by atoms with Gasteiger partial charge in [-0.05, 0) is 23.1 Å². The molecule has 0 unspecified atom stereocenters. The van der Waals surface area contributed by atoms with Crippen molar-refractivity contribution in [2.24, 2.45) is 0 Å². The molecule has 0 spiro atoms. The number of benzene rings is 2. The number of hydrogen-bond donors (Lipinski definition) is 1. The SMILES string of the molecule is CC(C)(C)c1ccc(-c2cc(N)n(-c3ccccc3)n2)cc1. The van der Waals surface area contributed by atoms with Crippen LogP contribution in [0, 0.1) is 0 Å². The molecule has 1 aromatic heterocycles. The molecule has 0 saturated heterocycles. The van der Waals surface area contributed by atoms with E-state index in [4.69, 9.17) is 5.73 Å². The second kappa shape index (κ2) is 5.34. The highest BCUT2D eigenvalue weighted by molar-refractivity contribution is 5.64. The summed E-state index contributed by atoms with van der Waals surface area (Å²) in [4.78, 5) is 0. The van der Waals surface area contributed by atoms with Crippen LogP contribution in [0.4, 0.5) is 5.82 Å². The number of nitrogens with two attached hydrogens (primary N) is 1. The maximum absolute atomic E-state index is 6.11. The molecule has 0 aliphatic carbocycles. The topological polar surface area (TPSA) is 43.8 Å². The summed E-state index contributed by atoms with van der Waals surface area (Å²) in [5, 5.41) is 4.63. The van der Waals surface area contributed by atoms with Crippen LogP contribution >= 0.6 is 0 Å². The Hall–Kier alpha value is -2.55. The van der Waals surface area contributed by atoms with Crippen LogP contribution in [0.25, 0.3) is 16.9 Å². The molecule has 22 heavy (non-hydrogen) atoms.